The largest absolute Gasteiger partial charge is 0.356 e. The van der Waals surface area contributed by atoms with Gasteiger partial charge in [0.25, 0.3) is 5.91 Å². The van der Waals surface area contributed by atoms with E-state index >= 15 is 0 Å². The van der Waals surface area contributed by atoms with Gasteiger partial charge in [-0.2, -0.15) is 5.10 Å². The highest BCUT2D eigenvalue weighted by Gasteiger charge is 2.12. The zero-order valence-electron chi connectivity index (χ0n) is 12.2. The molecule has 1 aromatic carbocycles. The molecule has 0 fully saturated rings. The number of fused-ring (bicyclic) bond motifs is 1. The molecule has 0 radical (unpaired) electrons. The van der Waals surface area contributed by atoms with Crippen LogP contribution < -0.4 is 10.6 Å². The fraction of sp³-hybridized carbons (Fsp3) is 0.200. The first-order valence-corrected chi connectivity index (χ1v) is 7.11. The third-order valence-electron chi connectivity index (χ3n) is 3.26. The van der Waals surface area contributed by atoms with Crippen LogP contribution in [0.1, 0.15) is 16.2 Å². The van der Waals surface area contributed by atoms with Gasteiger partial charge in [-0.3, -0.25) is 14.7 Å². The molecule has 2 aromatic heterocycles. The molecule has 3 N–H and O–H groups in total. The van der Waals surface area contributed by atoms with Crippen molar-refractivity contribution >= 4 is 22.8 Å². The Morgan fingerprint density at radius 3 is 2.78 bits per heavy atom. The van der Waals surface area contributed by atoms with Gasteiger partial charge >= 0.3 is 0 Å². The first kappa shape index (κ1) is 14.8. The van der Waals surface area contributed by atoms with Crippen LogP contribution in [0.3, 0.4) is 0 Å². The van der Waals surface area contributed by atoms with E-state index in [9.17, 15) is 9.59 Å². The second-order valence-electron chi connectivity index (χ2n) is 4.88. The van der Waals surface area contributed by atoms with Crippen molar-refractivity contribution in [2.24, 2.45) is 0 Å². The monoisotopic (exact) mass is 313 g/mol. The molecule has 118 valence electrons. The van der Waals surface area contributed by atoms with Crippen LogP contribution in [0.4, 0.5) is 0 Å². The third kappa shape index (κ3) is 3.54. The summed E-state index contributed by atoms with van der Waals surface area (Å²) in [7, 11) is 0. The van der Waals surface area contributed by atoms with Gasteiger partial charge in [-0.1, -0.05) is 17.3 Å². The van der Waals surface area contributed by atoms with Gasteiger partial charge in [0, 0.05) is 24.7 Å². The summed E-state index contributed by atoms with van der Waals surface area (Å²) in [4.78, 5) is 23.5. The maximum Gasteiger partial charge on any atom is 0.269 e. The van der Waals surface area contributed by atoms with E-state index in [1.165, 1.54) is 6.20 Å². The van der Waals surface area contributed by atoms with Crippen LogP contribution in [0.2, 0.25) is 0 Å². The highest BCUT2D eigenvalue weighted by Crippen LogP contribution is 2.17. The number of carbonyl (C=O) groups excluding carboxylic acids is 2. The fourth-order valence-electron chi connectivity index (χ4n) is 2.14. The minimum atomic E-state index is -0.265. The molecule has 0 aliphatic rings. The number of rotatable bonds is 6. The van der Waals surface area contributed by atoms with Crippen molar-refractivity contribution < 1.29 is 14.1 Å². The van der Waals surface area contributed by atoms with Crippen LogP contribution in [0.15, 0.2) is 41.1 Å². The molecular weight excluding hydrogens is 298 g/mol. The quantitative estimate of drug-likeness (QED) is 0.578. The zero-order chi connectivity index (χ0) is 16.1. The topological polar surface area (TPSA) is 113 Å². The van der Waals surface area contributed by atoms with E-state index in [2.05, 4.69) is 26.0 Å². The molecule has 3 aromatic rings. The summed E-state index contributed by atoms with van der Waals surface area (Å²) in [5.74, 6) is -0.445. The Hall–Kier alpha value is -3.16. The van der Waals surface area contributed by atoms with Crippen molar-refractivity contribution in [2.75, 3.05) is 13.1 Å². The molecule has 0 bridgehead atoms. The Balaban J connectivity index is 1.44. The average molecular weight is 313 g/mol. The average Bonchev–Trinajstić information content (AvgIpc) is 3.22. The standard InChI is InChI=1S/C15H15N5O3/c21-14(9-12-10-3-1-2-4-13(10)23-20-12)16-7-8-17-15(22)11-5-6-18-19-11/h1-6H,7-9H2,(H,16,21)(H,17,22)(H,18,19). The Kier molecular flexibility index (Phi) is 4.32. The molecule has 0 aliphatic heterocycles. The molecule has 8 heteroatoms. The summed E-state index contributed by atoms with van der Waals surface area (Å²) < 4.78 is 5.15. The van der Waals surface area contributed by atoms with Crippen molar-refractivity contribution in [1.29, 1.82) is 0 Å². The molecule has 3 rings (SSSR count). The summed E-state index contributed by atoms with van der Waals surface area (Å²) in [6.45, 7) is 0.650. The number of carbonyl (C=O) groups is 2. The van der Waals surface area contributed by atoms with Gasteiger partial charge in [0.05, 0.1) is 6.42 Å². The van der Waals surface area contributed by atoms with Crippen molar-refractivity contribution in [2.45, 2.75) is 6.42 Å². The lowest BCUT2D eigenvalue weighted by Gasteiger charge is -2.05. The third-order valence-corrected chi connectivity index (χ3v) is 3.26. The summed E-state index contributed by atoms with van der Waals surface area (Å²) in [6.07, 6.45) is 1.63. The lowest BCUT2D eigenvalue weighted by atomic mass is 10.1. The van der Waals surface area contributed by atoms with Gasteiger partial charge in [0.15, 0.2) is 5.58 Å². The van der Waals surface area contributed by atoms with Crippen LogP contribution in [0.5, 0.6) is 0 Å². The normalized spacial score (nSPS) is 10.6. The predicted octanol–water partition coefficient (Wildman–Crippen LogP) is 0.640. The maximum atomic E-state index is 11.9. The van der Waals surface area contributed by atoms with E-state index in [1.807, 2.05) is 18.2 Å². The molecule has 2 amide bonds. The van der Waals surface area contributed by atoms with Crippen molar-refractivity contribution in [3.05, 3.63) is 47.9 Å². The van der Waals surface area contributed by atoms with Crippen LogP contribution in [0.25, 0.3) is 11.0 Å². The molecule has 23 heavy (non-hydrogen) atoms. The number of benzene rings is 1. The van der Waals surface area contributed by atoms with Gasteiger partial charge in [-0.05, 0) is 18.2 Å². The summed E-state index contributed by atoms with van der Waals surface area (Å²) >= 11 is 0. The molecule has 0 unspecified atom stereocenters. The maximum absolute atomic E-state index is 11.9. The number of hydrogen-bond donors (Lipinski definition) is 3. The van der Waals surface area contributed by atoms with E-state index < -0.39 is 0 Å². The van der Waals surface area contributed by atoms with E-state index in [4.69, 9.17) is 4.52 Å². The minimum absolute atomic E-state index is 0.130. The van der Waals surface area contributed by atoms with Gasteiger partial charge in [-0.25, -0.2) is 0 Å². The number of H-pyrrole nitrogens is 1. The van der Waals surface area contributed by atoms with Gasteiger partial charge in [0.2, 0.25) is 5.91 Å². The zero-order valence-corrected chi connectivity index (χ0v) is 12.2. The fourth-order valence-corrected chi connectivity index (χ4v) is 2.14. The first-order valence-electron chi connectivity index (χ1n) is 7.11. The van der Waals surface area contributed by atoms with E-state index in [0.717, 1.165) is 5.39 Å². The highest BCUT2D eigenvalue weighted by atomic mass is 16.5. The number of amides is 2. The molecule has 0 saturated carbocycles. The molecule has 8 nitrogen and oxygen atoms in total. The van der Waals surface area contributed by atoms with Gasteiger partial charge < -0.3 is 15.2 Å². The number of aromatic nitrogens is 3. The molecular formula is C15H15N5O3. The van der Waals surface area contributed by atoms with Crippen LogP contribution in [-0.4, -0.2) is 40.3 Å². The van der Waals surface area contributed by atoms with E-state index in [0.29, 0.717) is 30.1 Å². The molecule has 0 spiro atoms. The second kappa shape index (κ2) is 6.73. The van der Waals surface area contributed by atoms with E-state index in [1.54, 1.807) is 12.1 Å². The van der Waals surface area contributed by atoms with E-state index in [-0.39, 0.29) is 18.2 Å². The Labute approximate surface area is 131 Å². The van der Waals surface area contributed by atoms with Crippen LogP contribution >= 0.6 is 0 Å². The predicted molar refractivity (Wildman–Crippen MR) is 81.6 cm³/mol. The van der Waals surface area contributed by atoms with Crippen molar-refractivity contribution in [3.63, 3.8) is 0 Å². The minimum Gasteiger partial charge on any atom is -0.356 e. The number of hydrogen-bond acceptors (Lipinski definition) is 5. The highest BCUT2D eigenvalue weighted by molar-refractivity contribution is 5.92. The second-order valence-corrected chi connectivity index (χ2v) is 4.88. The summed E-state index contributed by atoms with van der Waals surface area (Å²) in [5.41, 5.74) is 1.63. The summed E-state index contributed by atoms with van der Waals surface area (Å²) in [6, 6.07) is 8.95. The lowest BCUT2D eigenvalue weighted by Crippen LogP contribution is -2.35. The lowest BCUT2D eigenvalue weighted by molar-refractivity contribution is -0.120. The van der Waals surface area contributed by atoms with Crippen molar-refractivity contribution in [3.8, 4) is 0 Å². The molecule has 0 aliphatic carbocycles. The van der Waals surface area contributed by atoms with Crippen LogP contribution in [0, 0.1) is 0 Å². The number of para-hydroxylation sites is 1. The Bertz CT molecular complexity index is 810. The van der Waals surface area contributed by atoms with Gasteiger partial charge in [-0.15, -0.1) is 0 Å². The van der Waals surface area contributed by atoms with Gasteiger partial charge in [0.1, 0.15) is 11.4 Å². The summed E-state index contributed by atoms with van der Waals surface area (Å²) in [5, 5.41) is 16.4. The number of nitrogens with zero attached hydrogens (tertiary/aromatic N) is 2. The Morgan fingerprint density at radius 2 is 1.96 bits per heavy atom. The number of aromatic amines is 1. The molecule has 0 atom stereocenters. The Morgan fingerprint density at radius 1 is 1.13 bits per heavy atom. The molecule has 2 heterocycles. The SMILES string of the molecule is O=C(Cc1noc2ccccc12)NCCNC(=O)c1ccn[nH]1. The number of nitrogens with one attached hydrogen (secondary N) is 3. The molecule has 0 saturated heterocycles. The van der Waals surface area contributed by atoms with Crippen LogP contribution in [-0.2, 0) is 11.2 Å². The van der Waals surface area contributed by atoms with Crippen molar-refractivity contribution in [1.82, 2.24) is 26.0 Å². The first-order chi connectivity index (χ1) is 11.2. The smallest absolute Gasteiger partial charge is 0.269 e.